The molecule has 0 saturated carbocycles. The molecule has 0 aliphatic rings. The first-order chi connectivity index (χ1) is 9.56. The van der Waals surface area contributed by atoms with E-state index in [0.29, 0.717) is 6.54 Å². The Hall–Kier alpha value is -1.88. The minimum Gasteiger partial charge on any atom is -0.467 e. The molecule has 0 aliphatic carbocycles. The lowest BCUT2D eigenvalue weighted by molar-refractivity contribution is -0.120. The Morgan fingerprint density at radius 1 is 1.45 bits per heavy atom. The summed E-state index contributed by atoms with van der Waals surface area (Å²) in [6.07, 6.45) is 1.59. The third-order valence-electron chi connectivity index (χ3n) is 2.89. The number of amides is 1. The summed E-state index contributed by atoms with van der Waals surface area (Å²) in [6.45, 7) is 4.29. The first-order valence-corrected chi connectivity index (χ1v) is 7.27. The molecule has 5 heteroatoms. The fraction of sp³-hybridized carbons (Fsp3) is 0.267. The summed E-state index contributed by atoms with van der Waals surface area (Å²) in [6, 6.07) is 9.35. The van der Waals surface area contributed by atoms with Crippen LogP contribution in [0.1, 0.15) is 18.2 Å². The number of carbonyl (C=O) groups excluding carboxylic acids is 1. The zero-order valence-electron chi connectivity index (χ0n) is 11.6. The van der Waals surface area contributed by atoms with Gasteiger partial charge in [-0.05, 0) is 49.7 Å². The van der Waals surface area contributed by atoms with Gasteiger partial charge in [0.05, 0.1) is 18.1 Å². The molecular weight excluding hydrogens is 272 g/mol. The number of nitrogen functional groups attached to an aromatic ring is 1. The number of hydrogen-bond donors (Lipinski definition) is 2. The average Bonchev–Trinajstić information content (AvgIpc) is 2.92. The van der Waals surface area contributed by atoms with Crippen molar-refractivity contribution < 1.29 is 9.21 Å². The summed E-state index contributed by atoms with van der Waals surface area (Å²) in [5, 5.41) is 2.68. The van der Waals surface area contributed by atoms with Crippen molar-refractivity contribution in [2.24, 2.45) is 0 Å². The maximum atomic E-state index is 12.0. The lowest BCUT2D eigenvalue weighted by Crippen LogP contribution is -2.30. The van der Waals surface area contributed by atoms with Gasteiger partial charge in [0.15, 0.2) is 0 Å². The third kappa shape index (κ3) is 3.81. The fourth-order valence-electron chi connectivity index (χ4n) is 1.78. The number of thioether (sulfide) groups is 1. The molecule has 3 N–H and O–H groups in total. The molecule has 106 valence electrons. The molecule has 20 heavy (non-hydrogen) atoms. The highest BCUT2D eigenvalue weighted by atomic mass is 32.2. The Morgan fingerprint density at radius 3 is 2.90 bits per heavy atom. The number of nitrogens with one attached hydrogen (secondary N) is 1. The highest BCUT2D eigenvalue weighted by Crippen LogP contribution is 2.27. The Kier molecular flexibility index (Phi) is 4.74. The topological polar surface area (TPSA) is 68.3 Å². The van der Waals surface area contributed by atoms with Gasteiger partial charge in [0.25, 0.3) is 0 Å². The highest BCUT2D eigenvalue weighted by Gasteiger charge is 2.15. The van der Waals surface area contributed by atoms with E-state index in [2.05, 4.69) is 5.32 Å². The zero-order valence-corrected chi connectivity index (χ0v) is 12.4. The van der Waals surface area contributed by atoms with Gasteiger partial charge in [0.1, 0.15) is 5.76 Å². The van der Waals surface area contributed by atoms with Gasteiger partial charge in [-0.25, -0.2) is 0 Å². The molecule has 0 saturated heterocycles. The van der Waals surface area contributed by atoms with Crippen LogP contribution in [0.15, 0.2) is 45.9 Å². The number of aryl methyl sites for hydroxylation is 1. The molecule has 2 aromatic rings. The number of anilines is 1. The lowest BCUT2D eigenvalue weighted by atomic mass is 10.2. The maximum absolute atomic E-state index is 12.0. The Bertz CT molecular complexity index is 582. The molecule has 1 aromatic carbocycles. The van der Waals surface area contributed by atoms with E-state index in [1.54, 1.807) is 12.3 Å². The second-order valence-corrected chi connectivity index (χ2v) is 5.96. The monoisotopic (exact) mass is 290 g/mol. The van der Waals surface area contributed by atoms with Crippen LogP contribution in [0.3, 0.4) is 0 Å². The van der Waals surface area contributed by atoms with E-state index >= 15 is 0 Å². The number of benzene rings is 1. The number of furan rings is 1. The van der Waals surface area contributed by atoms with Crippen molar-refractivity contribution in [2.75, 3.05) is 5.73 Å². The average molecular weight is 290 g/mol. The lowest BCUT2D eigenvalue weighted by Gasteiger charge is -2.13. The van der Waals surface area contributed by atoms with Gasteiger partial charge >= 0.3 is 0 Å². The quantitative estimate of drug-likeness (QED) is 0.656. The molecule has 0 bridgehead atoms. The van der Waals surface area contributed by atoms with Gasteiger partial charge in [0, 0.05) is 10.6 Å². The van der Waals surface area contributed by atoms with Gasteiger partial charge < -0.3 is 15.5 Å². The summed E-state index contributed by atoms with van der Waals surface area (Å²) in [5.74, 6) is 0.738. The second-order valence-electron chi connectivity index (χ2n) is 4.58. The van der Waals surface area contributed by atoms with E-state index in [1.165, 1.54) is 11.8 Å². The van der Waals surface area contributed by atoms with Crippen molar-refractivity contribution >= 4 is 23.4 Å². The predicted molar refractivity (Wildman–Crippen MR) is 81.5 cm³/mol. The molecule has 4 nitrogen and oxygen atoms in total. The van der Waals surface area contributed by atoms with E-state index in [1.807, 2.05) is 38.1 Å². The van der Waals surface area contributed by atoms with Crippen LogP contribution in [0.4, 0.5) is 5.69 Å². The van der Waals surface area contributed by atoms with E-state index < -0.39 is 0 Å². The van der Waals surface area contributed by atoms with Crippen LogP contribution < -0.4 is 11.1 Å². The largest absolute Gasteiger partial charge is 0.467 e. The summed E-state index contributed by atoms with van der Waals surface area (Å²) in [5.41, 5.74) is 7.54. The van der Waals surface area contributed by atoms with Crippen LogP contribution in [-0.2, 0) is 11.3 Å². The molecule has 0 fully saturated rings. The summed E-state index contributed by atoms with van der Waals surface area (Å²) in [4.78, 5) is 13.1. The zero-order chi connectivity index (χ0) is 14.5. The maximum Gasteiger partial charge on any atom is 0.233 e. The summed E-state index contributed by atoms with van der Waals surface area (Å²) >= 11 is 1.53. The molecule has 0 spiro atoms. The molecule has 1 heterocycles. The minimum absolute atomic E-state index is 0.0115. The SMILES string of the molecule is Cc1cc(N)ccc1SC(C)C(=O)NCc1ccco1. The summed E-state index contributed by atoms with van der Waals surface area (Å²) < 4.78 is 5.18. The van der Waals surface area contributed by atoms with Crippen LogP contribution in [0.25, 0.3) is 0 Å². The van der Waals surface area contributed by atoms with Gasteiger partial charge in [-0.3, -0.25) is 4.79 Å². The Labute approximate surface area is 122 Å². The molecule has 1 aromatic heterocycles. The van der Waals surface area contributed by atoms with Crippen LogP contribution in [0.2, 0.25) is 0 Å². The van der Waals surface area contributed by atoms with Crippen LogP contribution in [0, 0.1) is 6.92 Å². The standard InChI is InChI=1S/C15H18N2O2S/c1-10-8-12(16)5-6-14(10)20-11(2)15(18)17-9-13-4-3-7-19-13/h3-8,11H,9,16H2,1-2H3,(H,17,18). The van der Waals surface area contributed by atoms with E-state index in [-0.39, 0.29) is 11.2 Å². The fourth-order valence-corrected chi connectivity index (χ4v) is 2.74. The van der Waals surface area contributed by atoms with Gasteiger partial charge in [-0.15, -0.1) is 11.8 Å². The van der Waals surface area contributed by atoms with E-state index in [0.717, 1.165) is 21.9 Å². The Balaban J connectivity index is 1.90. The highest BCUT2D eigenvalue weighted by molar-refractivity contribution is 8.00. The molecule has 1 atom stereocenters. The van der Waals surface area contributed by atoms with Crippen LogP contribution in [-0.4, -0.2) is 11.2 Å². The number of nitrogens with two attached hydrogens (primary N) is 1. The molecule has 0 aliphatic heterocycles. The van der Waals surface area contributed by atoms with Crippen molar-refractivity contribution in [3.63, 3.8) is 0 Å². The van der Waals surface area contributed by atoms with Gasteiger partial charge in [-0.1, -0.05) is 0 Å². The summed E-state index contributed by atoms with van der Waals surface area (Å²) in [7, 11) is 0. The molecule has 1 amide bonds. The number of rotatable bonds is 5. The molecule has 1 unspecified atom stereocenters. The first kappa shape index (κ1) is 14.5. The normalized spacial score (nSPS) is 12.1. The van der Waals surface area contributed by atoms with Gasteiger partial charge in [-0.2, -0.15) is 0 Å². The van der Waals surface area contributed by atoms with Crippen molar-refractivity contribution in [1.29, 1.82) is 0 Å². The molecule has 0 radical (unpaired) electrons. The van der Waals surface area contributed by atoms with Crippen LogP contribution >= 0.6 is 11.8 Å². The van der Waals surface area contributed by atoms with Crippen molar-refractivity contribution in [2.45, 2.75) is 30.5 Å². The third-order valence-corrected chi connectivity index (χ3v) is 4.17. The predicted octanol–water partition coefficient (Wildman–Crippen LogP) is 2.97. The van der Waals surface area contributed by atoms with Crippen molar-refractivity contribution in [3.05, 3.63) is 47.9 Å². The number of carbonyl (C=O) groups is 1. The minimum atomic E-state index is -0.174. The first-order valence-electron chi connectivity index (χ1n) is 6.39. The van der Waals surface area contributed by atoms with Crippen molar-refractivity contribution in [1.82, 2.24) is 5.32 Å². The van der Waals surface area contributed by atoms with E-state index in [4.69, 9.17) is 10.2 Å². The smallest absolute Gasteiger partial charge is 0.233 e. The molecular formula is C15H18N2O2S. The molecule has 2 rings (SSSR count). The van der Waals surface area contributed by atoms with Crippen LogP contribution in [0.5, 0.6) is 0 Å². The van der Waals surface area contributed by atoms with Crippen molar-refractivity contribution in [3.8, 4) is 0 Å². The second kappa shape index (κ2) is 6.52. The van der Waals surface area contributed by atoms with Gasteiger partial charge in [0.2, 0.25) is 5.91 Å². The van der Waals surface area contributed by atoms with E-state index in [9.17, 15) is 4.79 Å². The number of hydrogen-bond acceptors (Lipinski definition) is 4. The Morgan fingerprint density at radius 2 is 2.25 bits per heavy atom.